The Kier molecular flexibility index (Phi) is 3.74. The van der Waals surface area contributed by atoms with E-state index in [-0.39, 0.29) is 11.3 Å². The first-order valence-corrected chi connectivity index (χ1v) is 6.02. The fourth-order valence-electron chi connectivity index (χ4n) is 1.35. The molecule has 2 aromatic rings. The molecule has 0 saturated carbocycles. The Morgan fingerprint density at radius 3 is 2.50 bits per heavy atom. The molecule has 5 heteroatoms. The van der Waals surface area contributed by atoms with Gasteiger partial charge in [0.05, 0.1) is 11.3 Å². The van der Waals surface area contributed by atoms with Crippen molar-refractivity contribution in [3.05, 3.63) is 54.1 Å². The lowest BCUT2D eigenvalue weighted by Crippen LogP contribution is -1.97. The summed E-state index contributed by atoms with van der Waals surface area (Å²) in [5.41, 5.74) is 0.507. The number of rotatable bonds is 4. The predicted molar refractivity (Wildman–Crippen MR) is 71.0 cm³/mol. The van der Waals surface area contributed by atoms with Crippen LogP contribution in [0, 0.1) is 0 Å². The third kappa shape index (κ3) is 2.95. The number of nitrogens with one attached hydrogen (secondary N) is 1. The quantitative estimate of drug-likeness (QED) is 0.582. The van der Waals surface area contributed by atoms with Crippen LogP contribution in [0.15, 0.2) is 53.4 Å². The lowest BCUT2D eigenvalue weighted by Gasteiger charge is -2.08. The number of aromatic hydroxyl groups is 1. The first kappa shape index (κ1) is 12.3. The standard InChI is InChI=1S/C13H11NO3S/c15-12-7-6-9(13(16)17)8-11(12)14-18-10-4-2-1-3-5-10/h1-8,14-15H,(H,16,17). The van der Waals surface area contributed by atoms with Crippen LogP contribution in [0.5, 0.6) is 5.75 Å². The van der Waals surface area contributed by atoms with Crippen molar-refractivity contribution < 1.29 is 15.0 Å². The summed E-state index contributed by atoms with van der Waals surface area (Å²) in [6, 6.07) is 13.6. The molecule has 0 radical (unpaired) electrons. The molecule has 18 heavy (non-hydrogen) atoms. The normalized spacial score (nSPS) is 10.0. The van der Waals surface area contributed by atoms with Crippen LogP contribution in [-0.4, -0.2) is 16.2 Å². The van der Waals surface area contributed by atoms with E-state index in [9.17, 15) is 9.90 Å². The van der Waals surface area contributed by atoms with Crippen LogP contribution in [0.2, 0.25) is 0 Å². The average molecular weight is 261 g/mol. The van der Waals surface area contributed by atoms with E-state index in [1.54, 1.807) is 0 Å². The maximum atomic E-state index is 10.8. The first-order chi connectivity index (χ1) is 8.66. The van der Waals surface area contributed by atoms with Crippen LogP contribution in [-0.2, 0) is 0 Å². The Labute approximate surface area is 108 Å². The van der Waals surface area contributed by atoms with Crippen LogP contribution in [0.1, 0.15) is 10.4 Å². The fourth-order valence-corrected chi connectivity index (χ4v) is 2.04. The fraction of sp³-hybridized carbons (Fsp3) is 0. The van der Waals surface area contributed by atoms with E-state index in [2.05, 4.69) is 4.72 Å². The van der Waals surface area contributed by atoms with Crippen LogP contribution in [0.4, 0.5) is 5.69 Å². The van der Waals surface area contributed by atoms with Crippen LogP contribution in [0.3, 0.4) is 0 Å². The molecule has 4 nitrogen and oxygen atoms in total. The van der Waals surface area contributed by atoms with Gasteiger partial charge in [-0.1, -0.05) is 18.2 Å². The van der Waals surface area contributed by atoms with Gasteiger partial charge < -0.3 is 14.9 Å². The number of phenolic OH excluding ortho intramolecular Hbond substituents is 1. The van der Waals surface area contributed by atoms with Gasteiger partial charge >= 0.3 is 5.97 Å². The van der Waals surface area contributed by atoms with Gasteiger partial charge in [-0.2, -0.15) is 0 Å². The topological polar surface area (TPSA) is 69.6 Å². The van der Waals surface area contributed by atoms with Gasteiger partial charge in [-0.25, -0.2) is 4.79 Å². The Bertz CT molecular complexity index is 557. The summed E-state index contributed by atoms with van der Waals surface area (Å²) in [5, 5.41) is 18.5. The van der Waals surface area contributed by atoms with Crippen molar-refractivity contribution in [3.63, 3.8) is 0 Å². The second-order valence-corrected chi connectivity index (χ2v) is 4.43. The maximum absolute atomic E-state index is 10.8. The maximum Gasteiger partial charge on any atom is 0.335 e. The van der Waals surface area contributed by atoms with E-state index in [0.717, 1.165) is 4.90 Å². The summed E-state index contributed by atoms with van der Waals surface area (Å²) >= 11 is 1.31. The monoisotopic (exact) mass is 261 g/mol. The van der Waals surface area contributed by atoms with Crippen molar-refractivity contribution in [2.75, 3.05) is 4.72 Å². The number of benzene rings is 2. The lowest BCUT2D eigenvalue weighted by molar-refractivity contribution is 0.0697. The van der Waals surface area contributed by atoms with Crippen LogP contribution < -0.4 is 4.72 Å². The van der Waals surface area contributed by atoms with Gasteiger partial charge in [0.25, 0.3) is 0 Å². The van der Waals surface area contributed by atoms with E-state index in [0.29, 0.717) is 5.69 Å². The van der Waals surface area contributed by atoms with Gasteiger partial charge in [-0.15, -0.1) is 0 Å². The number of aromatic carboxylic acids is 1. The number of carboxylic acid groups (broad SMARTS) is 1. The Morgan fingerprint density at radius 2 is 1.83 bits per heavy atom. The van der Waals surface area contributed by atoms with Gasteiger partial charge in [0.2, 0.25) is 0 Å². The summed E-state index contributed by atoms with van der Waals surface area (Å²) in [4.78, 5) is 11.8. The van der Waals surface area contributed by atoms with Crippen molar-refractivity contribution in [1.29, 1.82) is 0 Å². The van der Waals surface area contributed by atoms with Crippen LogP contribution >= 0.6 is 11.9 Å². The van der Waals surface area contributed by atoms with Crippen molar-refractivity contribution >= 4 is 23.6 Å². The van der Waals surface area contributed by atoms with Gasteiger partial charge in [0.15, 0.2) is 0 Å². The molecule has 0 aliphatic rings. The molecule has 3 N–H and O–H groups in total. The third-order valence-electron chi connectivity index (χ3n) is 2.27. The zero-order valence-electron chi connectivity index (χ0n) is 9.33. The molecule has 0 spiro atoms. The molecule has 0 unspecified atom stereocenters. The molecule has 0 amide bonds. The molecule has 92 valence electrons. The van der Waals surface area contributed by atoms with E-state index in [1.807, 2.05) is 30.3 Å². The first-order valence-electron chi connectivity index (χ1n) is 5.21. The largest absolute Gasteiger partial charge is 0.506 e. The molecule has 2 aromatic carbocycles. The van der Waals surface area contributed by atoms with Crippen molar-refractivity contribution in [2.45, 2.75) is 4.90 Å². The van der Waals surface area contributed by atoms with E-state index in [4.69, 9.17) is 5.11 Å². The number of hydrogen-bond acceptors (Lipinski definition) is 4. The summed E-state index contributed by atoms with van der Waals surface area (Å²) in [6.45, 7) is 0. The van der Waals surface area contributed by atoms with Gasteiger partial charge in [-0.05, 0) is 42.3 Å². The Balaban J connectivity index is 2.14. The zero-order valence-corrected chi connectivity index (χ0v) is 10.1. The van der Waals surface area contributed by atoms with E-state index < -0.39 is 5.97 Å². The SMILES string of the molecule is O=C(O)c1ccc(O)c(NSc2ccccc2)c1. The predicted octanol–water partition coefficient (Wildman–Crippen LogP) is 3.21. The molecule has 0 bridgehead atoms. The van der Waals surface area contributed by atoms with Crippen molar-refractivity contribution in [1.82, 2.24) is 0 Å². The van der Waals surface area contributed by atoms with Crippen molar-refractivity contribution in [2.24, 2.45) is 0 Å². The molecule has 0 heterocycles. The van der Waals surface area contributed by atoms with E-state index in [1.165, 1.54) is 30.1 Å². The van der Waals surface area contributed by atoms with Gasteiger partial charge in [0, 0.05) is 4.90 Å². The highest BCUT2D eigenvalue weighted by Gasteiger charge is 2.07. The molecule has 0 atom stereocenters. The lowest BCUT2D eigenvalue weighted by atomic mass is 10.2. The Hall–Kier alpha value is -2.14. The molecule has 0 aliphatic carbocycles. The third-order valence-corrected chi connectivity index (χ3v) is 3.10. The number of anilines is 1. The minimum absolute atomic E-state index is 0.0171. The van der Waals surface area contributed by atoms with Crippen LogP contribution in [0.25, 0.3) is 0 Å². The molecular weight excluding hydrogens is 250 g/mol. The molecule has 0 aromatic heterocycles. The molecule has 0 fully saturated rings. The number of carbonyl (C=O) groups is 1. The van der Waals surface area contributed by atoms with E-state index >= 15 is 0 Å². The summed E-state index contributed by atoms with van der Waals surface area (Å²) in [5.74, 6) is -1.01. The minimum atomic E-state index is -1.03. The summed E-state index contributed by atoms with van der Waals surface area (Å²) in [7, 11) is 0. The smallest absolute Gasteiger partial charge is 0.335 e. The number of hydrogen-bond donors (Lipinski definition) is 3. The minimum Gasteiger partial charge on any atom is -0.506 e. The Morgan fingerprint density at radius 1 is 1.11 bits per heavy atom. The van der Waals surface area contributed by atoms with Gasteiger partial charge in [0.1, 0.15) is 5.75 Å². The second kappa shape index (κ2) is 5.46. The molecule has 2 rings (SSSR count). The summed E-state index contributed by atoms with van der Waals surface area (Å²) in [6.07, 6.45) is 0. The molecule has 0 aliphatic heterocycles. The summed E-state index contributed by atoms with van der Waals surface area (Å²) < 4.78 is 2.93. The highest BCUT2D eigenvalue weighted by molar-refractivity contribution is 8.00. The average Bonchev–Trinajstić information content (AvgIpc) is 2.38. The molecular formula is C13H11NO3S. The zero-order chi connectivity index (χ0) is 13.0. The highest BCUT2D eigenvalue weighted by Crippen LogP contribution is 2.29. The number of carboxylic acids is 1. The highest BCUT2D eigenvalue weighted by atomic mass is 32.2. The molecule has 0 saturated heterocycles. The van der Waals surface area contributed by atoms with Crippen molar-refractivity contribution in [3.8, 4) is 5.75 Å². The van der Waals surface area contributed by atoms with Gasteiger partial charge in [-0.3, -0.25) is 0 Å². The number of phenols is 1. The second-order valence-electron chi connectivity index (χ2n) is 3.55.